The maximum Gasteiger partial charge on any atom is 0.246 e. The van der Waals surface area contributed by atoms with Crippen molar-refractivity contribution in [1.82, 2.24) is 9.88 Å². The zero-order valence-corrected chi connectivity index (χ0v) is 11.9. The molecule has 0 spiro atoms. The summed E-state index contributed by atoms with van der Waals surface area (Å²) in [5.41, 5.74) is 1.76. The second kappa shape index (κ2) is 6.35. The minimum atomic E-state index is 0.0523. The molecule has 0 aliphatic carbocycles. The van der Waals surface area contributed by atoms with Crippen LogP contribution in [0, 0.1) is 0 Å². The first-order chi connectivity index (χ1) is 10.3. The highest BCUT2D eigenvalue weighted by atomic mass is 16.2. The topological polar surface area (TPSA) is 33.2 Å². The molecule has 3 nitrogen and oxygen atoms in total. The predicted octanol–water partition coefficient (Wildman–Crippen LogP) is 3.43. The van der Waals surface area contributed by atoms with Gasteiger partial charge in [0.2, 0.25) is 5.91 Å². The molecule has 1 aromatic carbocycles. The minimum absolute atomic E-state index is 0.0523. The Morgan fingerprint density at radius 3 is 3.00 bits per heavy atom. The van der Waals surface area contributed by atoms with Crippen LogP contribution in [0.2, 0.25) is 0 Å². The SMILES string of the molecule is O=C(/C=C/c1ccc2ccccc2n1)N1CC=CCCC1. The molecule has 2 heterocycles. The van der Waals surface area contributed by atoms with Crippen LogP contribution < -0.4 is 0 Å². The van der Waals surface area contributed by atoms with E-state index in [-0.39, 0.29) is 5.91 Å². The molecule has 21 heavy (non-hydrogen) atoms. The van der Waals surface area contributed by atoms with Crippen molar-refractivity contribution in [2.75, 3.05) is 13.1 Å². The van der Waals surface area contributed by atoms with Crippen LogP contribution in [0.4, 0.5) is 0 Å². The van der Waals surface area contributed by atoms with E-state index < -0.39 is 0 Å². The molecule has 1 amide bonds. The van der Waals surface area contributed by atoms with Gasteiger partial charge in [0.15, 0.2) is 0 Å². The third-order valence-electron chi connectivity index (χ3n) is 3.62. The van der Waals surface area contributed by atoms with E-state index in [1.54, 1.807) is 12.2 Å². The number of nitrogens with zero attached hydrogens (tertiary/aromatic N) is 2. The lowest BCUT2D eigenvalue weighted by molar-refractivity contribution is -0.125. The lowest BCUT2D eigenvalue weighted by atomic mass is 10.2. The Labute approximate surface area is 124 Å². The van der Waals surface area contributed by atoms with Crippen LogP contribution in [-0.4, -0.2) is 28.9 Å². The van der Waals surface area contributed by atoms with Gasteiger partial charge in [-0.25, -0.2) is 4.98 Å². The predicted molar refractivity (Wildman–Crippen MR) is 85.7 cm³/mol. The first-order valence-electron chi connectivity index (χ1n) is 7.31. The first kappa shape index (κ1) is 13.6. The summed E-state index contributed by atoms with van der Waals surface area (Å²) >= 11 is 0. The monoisotopic (exact) mass is 278 g/mol. The van der Waals surface area contributed by atoms with Gasteiger partial charge in [-0.05, 0) is 31.1 Å². The number of hydrogen-bond acceptors (Lipinski definition) is 2. The van der Waals surface area contributed by atoms with Crippen molar-refractivity contribution >= 4 is 22.9 Å². The molecule has 3 heteroatoms. The molecule has 0 bridgehead atoms. The van der Waals surface area contributed by atoms with Gasteiger partial charge >= 0.3 is 0 Å². The smallest absolute Gasteiger partial charge is 0.246 e. The molecule has 3 rings (SSSR count). The Morgan fingerprint density at radius 1 is 1.14 bits per heavy atom. The van der Waals surface area contributed by atoms with Crippen molar-refractivity contribution in [2.24, 2.45) is 0 Å². The average Bonchev–Trinajstić information content (AvgIpc) is 2.81. The number of allylic oxidation sites excluding steroid dienone is 1. The lowest BCUT2D eigenvalue weighted by Gasteiger charge is -2.17. The average molecular weight is 278 g/mol. The molecule has 0 atom stereocenters. The number of para-hydroxylation sites is 1. The summed E-state index contributed by atoms with van der Waals surface area (Å²) in [7, 11) is 0. The van der Waals surface area contributed by atoms with Crippen molar-refractivity contribution in [3.63, 3.8) is 0 Å². The molecule has 2 aromatic rings. The summed E-state index contributed by atoms with van der Waals surface area (Å²) < 4.78 is 0. The normalized spacial score (nSPS) is 15.5. The maximum atomic E-state index is 12.2. The van der Waals surface area contributed by atoms with Crippen molar-refractivity contribution in [1.29, 1.82) is 0 Å². The summed E-state index contributed by atoms with van der Waals surface area (Å²) in [5.74, 6) is 0.0523. The zero-order valence-electron chi connectivity index (χ0n) is 11.9. The summed E-state index contributed by atoms with van der Waals surface area (Å²) in [6, 6.07) is 11.9. The van der Waals surface area contributed by atoms with Gasteiger partial charge in [0.1, 0.15) is 0 Å². The Hall–Kier alpha value is -2.42. The van der Waals surface area contributed by atoms with Crippen molar-refractivity contribution in [3.8, 4) is 0 Å². The fourth-order valence-electron chi connectivity index (χ4n) is 2.45. The molecule has 0 fully saturated rings. The number of fused-ring (bicyclic) bond motifs is 1. The Balaban J connectivity index is 1.74. The third-order valence-corrected chi connectivity index (χ3v) is 3.62. The number of pyridine rings is 1. The number of rotatable bonds is 2. The number of benzene rings is 1. The van der Waals surface area contributed by atoms with E-state index in [1.165, 1.54) is 0 Å². The molecule has 0 radical (unpaired) electrons. The summed E-state index contributed by atoms with van der Waals surface area (Å²) in [5, 5.41) is 1.11. The maximum absolute atomic E-state index is 12.2. The van der Waals surface area contributed by atoms with Crippen LogP contribution >= 0.6 is 0 Å². The molecule has 1 aliphatic heterocycles. The van der Waals surface area contributed by atoms with Gasteiger partial charge in [0.25, 0.3) is 0 Å². The molecule has 106 valence electrons. The van der Waals surface area contributed by atoms with Gasteiger partial charge in [-0.3, -0.25) is 4.79 Å². The van der Waals surface area contributed by atoms with E-state index >= 15 is 0 Å². The summed E-state index contributed by atoms with van der Waals surface area (Å²) in [6.45, 7) is 1.52. The lowest BCUT2D eigenvalue weighted by Crippen LogP contribution is -2.29. The van der Waals surface area contributed by atoms with E-state index in [0.717, 1.165) is 36.0 Å². The van der Waals surface area contributed by atoms with Crippen molar-refractivity contribution in [2.45, 2.75) is 12.8 Å². The van der Waals surface area contributed by atoms with Crippen LogP contribution in [0.3, 0.4) is 0 Å². The minimum Gasteiger partial charge on any atom is -0.335 e. The molecule has 0 unspecified atom stereocenters. The van der Waals surface area contributed by atoms with E-state index in [0.29, 0.717) is 6.54 Å². The molecule has 0 N–H and O–H groups in total. The second-order valence-electron chi connectivity index (χ2n) is 5.16. The second-order valence-corrected chi connectivity index (χ2v) is 5.16. The molecule has 0 saturated carbocycles. The fourth-order valence-corrected chi connectivity index (χ4v) is 2.45. The van der Waals surface area contributed by atoms with E-state index in [1.807, 2.05) is 41.3 Å². The highest BCUT2D eigenvalue weighted by Gasteiger charge is 2.10. The van der Waals surface area contributed by atoms with Crippen LogP contribution in [0.1, 0.15) is 18.5 Å². The van der Waals surface area contributed by atoms with E-state index in [4.69, 9.17) is 0 Å². The third kappa shape index (κ3) is 3.37. The quantitative estimate of drug-likeness (QED) is 0.623. The van der Waals surface area contributed by atoms with E-state index in [2.05, 4.69) is 17.1 Å². The molecule has 1 aliphatic rings. The Kier molecular flexibility index (Phi) is 4.10. The summed E-state index contributed by atoms with van der Waals surface area (Å²) in [4.78, 5) is 18.6. The van der Waals surface area contributed by atoms with Crippen LogP contribution in [0.25, 0.3) is 17.0 Å². The van der Waals surface area contributed by atoms with Gasteiger partial charge in [-0.1, -0.05) is 36.4 Å². The molecular formula is C18H18N2O. The molecular weight excluding hydrogens is 260 g/mol. The highest BCUT2D eigenvalue weighted by molar-refractivity contribution is 5.92. The highest BCUT2D eigenvalue weighted by Crippen LogP contribution is 2.13. The van der Waals surface area contributed by atoms with Crippen molar-refractivity contribution < 1.29 is 4.79 Å². The number of carbonyl (C=O) groups excluding carboxylic acids is 1. The zero-order chi connectivity index (χ0) is 14.5. The number of aromatic nitrogens is 1. The standard InChI is InChI=1S/C18H18N2O/c21-18(20-13-5-1-2-6-14-20)12-11-16-10-9-15-7-3-4-8-17(15)19-16/h1,3-5,7-12H,2,6,13-14H2/b12-11+. The number of hydrogen-bond donors (Lipinski definition) is 0. The fraction of sp³-hybridized carbons (Fsp3) is 0.222. The number of carbonyl (C=O) groups is 1. The van der Waals surface area contributed by atoms with Gasteiger partial charge in [0.05, 0.1) is 11.2 Å². The van der Waals surface area contributed by atoms with E-state index in [9.17, 15) is 4.79 Å². The molecule has 1 aromatic heterocycles. The van der Waals surface area contributed by atoms with Crippen molar-refractivity contribution in [3.05, 3.63) is 60.3 Å². The van der Waals surface area contributed by atoms with Crippen LogP contribution in [0.15, 0.2) is 54.6 Å². The Bertz CT molecular complexity index is 703. The summed E-state index contributed by atoms with van der Waals surface area (Å²) in [6.07, 6.45) is 9.71. The van der Waals surface area contributed by atoms with Gasteiger partial charge in [0, 0.05) is 24.6 Å². The van der Waals surface area contributed by atoms with Gasteiger partial charge < -0.3 is 4.90 Å². The van der Waals surface area contributed by atoms with Gasteiger partial charge in [-0.2, -0.15) is 0 Å². The largest absolute Gasteiger partial charge is 0.335 e. The Morgan fingerprint density at radius 2 is 2.05 bits per heavy atom. The van der Waals surface area contributed by atoms with Crippen LogP contribution in [-0.2, 0) is 4.79 Å². The van der Waals surface area contributed by atoms with Gasteiger partial charge in [-0.15, -0.1) is 0 Å². The molecule has 0 saturated heterocycles. The first-order valence-corrected chi connectivity index (χ1v) is 7.31. The van der Waals surface area contributed by atoms with Crippen LogP contribution in [0.5, 0.6) is 0 Å². The number of amides is 1.